The van der Waals surface area contributed by atoms with E-state index in [4.69, 9.17) is 25.8 Å². The van der Waals surface area contributed by atoms with Crippen LogP contribution in [0.3, 0.4) is 0 Å². The van der Waals surface area contributed by atoms with Gasteiger partial charge in [-0.1, -0.05) is 59.3 Å². The Morgan fingerprint density at radius 3 is 2.11 bits per heavy atom. The molecule has 0 aliphatic carbocycles. The molecule has 0 aliphatic rings. The first kappa shape index (κ1) is 27.3. The minimum Gasteiger partial charge on any atom is -0.444 e. The van der Waals surface area contributed by atoms with Crippen molar-refractivity contribution in [1.82, 2.24) is 9.97 Å². The average molecular weight is 554 g/mol. The van der Waals surface area contributed by atoms with Crippen molar-refractivity contribution in [2.45, 2.75) is 52.7 Å². The van der Waals surface area contributed by atoms with Gasteiger partial charge in [0, 0.05) is 17.8 Å². The summed E-state index contributed by atoms with van der Waals surface area (Å²) in [5, 5.41) is 2.68. The predicted octanol–water partition coefficient (Wildman–Crippen LogP) is 8.48. The molecule has 0 fully saturated rings. The SMILES string of the molecule is CC(C)(C)OC(=O)N(C(=O)OC(C)(C)C)c1nc(-c2ccc3ccccc3c2)c(Oc2ccnc(Cl)c2)s1. The number of ether oxygens (including phenoxy) is 3. The van der Waals surface area contributed by atoms with Crippen molar-refractivity contribution in [3.63, 3.8) is 0 Å². The molecule has 0 spiro atoms. The van der Waals surface area contributed by atoms with Crippen LogP contribution in [0, 0.1) is 0 Å². The molecule has 10 heteroatoms. The first-order valence-electron chi connectivity index (χ1n) is 11.8. The molecule has 2 heterocycles. The van der Waals surface area contributed by atoms with E-state index in [-0.39, 0.29) is 10.3 Å². The van der Waals surface area contributed by atoms with Crippen molar-refractivity contribution >= 4 is 51.0 Å². The maximum Gasteiger partial charge on any atom is 0.426 e. The van der Waals surface area contributed by atoms with Crippen molar-refractivity contribution in [1.29, 1.82) is 0 Å². The minimum atomic E-state index is -0.913. The van der Waals surface area contributed by atoms with Gasteiger partial charge in [-0.25, -0.2) is 19.6 Å². The van der Waals surface area contributed by atoms with Gasteiger partial charge in [-0.2, -0.15) is 4.90 Å². The third-order valence-corrected chi connectivity index (χ3v) is 5.98. The summed E-state index contributed by atoms with van der Waals surface area (Å²) in [5.41, 5.74) is -0.554. The summed E-state index contributed by atoms with van der Waals surface area (Å²) in [6.07, 6.45) is -0.309. The molecule has 198 valence electrons. The number of halogens is 1. The molecule has 0 bridgehead atoms. The largest absolute Gasteiger partial charge is 0.444 e. The van der Waals surface area contributed by atoms with Crippen LogP contribution in [0.2, 0.25) is 5.15 Å². The third kappa shape index (κ3) is 6.79. The number of hydrogen-bond donors (Lipinski definition) is 0. The van der Waals surface area contributed by atoms with E-state index in [9.17, 15) is 9.59 Å². The zero-order valence-electron chi connectivity index (χ0n) is 21.9. The van der Waals surface area contributed by atoms with Crippen LogP contribution in [0.1, 0.15) is 41.5 Å². The summed E-state index contributed by atoms with van der Waals surface area (Å²) >= 11 is 7.07. The van der Waals surface area contributed by atoms with Crippen LogP contribution in [-0.4, -0.2) is 33.4 Å². The lowest BCUT2D eigenvalue weighted by Crippen LogP contribution is -2.43. The van der Waals surface area contributed by atoms with Crippen molar-refractivity contribution in [2.24, 2.45) is 0 Å². The highest BCUT2D eigenvalue weighted by atomic mass is 35.5. The fourth-order valence-electron chi connectivity index (χ4n) is 3.38. The van der Waals surface area contributed by atoms with E-state index in [1.54, 1.807) is 53.7 Å². The maximum atomic E-state index is 13.2. The normalized spacial score (nSPS) is 11.8. The van der Waals surface area contributed by atoms with Gasteiger partial charge in [0.1, 0.15) is 27.8 Å². The lowest BCUT2D eigenvalue weighted by atomic mass is 10.1. The molecule has 0 N–H and O–H groups in total. The number of anilines is 1. The lowest BCUT2D eigenvalue weighted by Gasteiger charge is -2.27. The number of aromatic nitrogens is 2. The molecule has 0 aliphatic heterocycles. The van der Waals surface area contributed by atoms with Crippen molar-refractivity contribution in [2.75, 3.05) is 4.90 Å². The van der Waals surface area contributed by atoms with Gasteiger partial charge in [0.15, 0.2) is 0 Å². The van der Waals surface area contributed by atoms with E-state index < -0.39 is 23.4 Å². The van der Waals surface area contributed by atoms with Crippen LogP contribution in [-0.2, 0) is 9.47 Å². The topological polar surface area (TPSA) is 90.9 Å². The second kappa shape index (κ2) is 10.6. The Bertz CT molecular complexity index is 1460. The number of amides is 2. The van der Waals surface area contributed by atoms with Gasteiger partial charge in [0.2, 0.25) is 10.2 Å². The Morgan fingerprint density at radius 1 is 0.868 bits per heavy atom. The number of imide groups is 1. The molecule has 2 aromatic heterocycles. The number of hydrogen-bond acceptors (Lipinski definition) is 8. The van der Waals surface area contributed by atoms with Crippen LogP contribution in [0.4, 0.5) is 14.7 Å². The molecule has 4 aromatic rings. The van der Waals surface area contributed by atoms with E-state index in [2.05, 4.69) is 9.97 Å². The van der Waals surface area contributed by atoms with E-state index in [0.717, 1.165) is 32.6 Å². The molecule has 0 saturated heterocycles. The Balaban J connectivity index is 1.85. The number of benzene rings is 2. The van der Waals surface area contributed by atoms with Gasteiger partial charge >= 0.3 is 12.2 Å². The molecule has 2 aromatic carbocycles. The number of carbonyl (C=O) groups excluding carboxylic acids is 2. The average Bonchev–Trinajstić information content (AvgIpc) is 3.19. The van der Waals surface area contributed by atoms with Gasteiger partial charge in [-0.15, -0.1) is 0 Å². The summed E-state index contributed by atoms with van der Waals surface area (Å²) in [4.78, 5) is 35.9. The Labute approximate surface area is 230 Å². The molecule has 8 nitrogen and oxygen atoms in total. The number of carbonyl (C=O) groups is 2. The zero-order valence-corrected chi connectivity index (χ0v) is 23.5. The summed E-state index contributed by atoms with van der Waals surface area (Å²) < 4.78 is 17.2. The van der Waals surface area contributed by atoms with E-state index >= 15 is 0 Å². The number of rotatable bonds is 4. The Hall–Kier alpha value is -3.69. The smallest absolute Gasteiger partial charge is 0.426 e. The van der Waals surface area contributed by atoms with Crippen molar-refractivity contribution < 1.29 is 23.8 Å². The second-order valence-corrected chi connectivity index (χ2v) is 11.7. The highest BCUT2D eigenvalue weighted by Gasteiger charge is 2.36. The van der Waals surface area contributed by atoms with Crippen molar-refractivity contribution in [3.8, 4) is 22.1 Å². The molecule has 4 rings (SSSR count). The van der Waals surface area contributed by atoms with Crippen LogP contribution in [0.15, 0.2) is 60.8 Å². The first-order valence-corrected chi connectivity index (χ1v) is 13.0. The molecule has 0 saturated carbocycles. The molecule has 0 atom stereocenters. The zero-order chi connectivity index (χ0) is 27.7. The van der Waals surface area contributed by atoms with Gasteiger partial charge in [-0.05, 0) is 64.4 Å². The molecular formula is C28H28ClN3O5S. The fourth-order valence-corrected chi connectivity index (χ4v) is 4.49. The predicted molar refractivity (Wildman–Crippen MR) is 149 cm³/mol. The summed E-state index contributed by atoms with van der Waals surface area (Å²) in [6, 6.07) is 16.9. The number of pyridine rings is 1. The van der Waals surface area contributed by atoms with E-state index in [0.29, 0.717) is 16.5 Å². The van der Waals surface area contributed by atoms with Gasteiger partial charge in [-0.3, -0.25) is 0 Å². The molecule has 0 unspecified atom stereocenters. The van der Waals surface area contributed by atoms with Gasteiger partial charge in [0.05, 0.1) is 0 Å². The first-order chi connectivity index (χ1) is 17.8. The summed E-state index contributed by atoms with van der Waals surface area (Å²) in [5.74, 6) is 0.420. The number of fused-ring (bicyclic) bond motifs is 1. The van der Waals surface area contributed by atoms with Crippen LogP contribution < -0.4 is 9.64 Å². The molecule has 2 amide bonds. The van der Waals surface area contributed by atoms with Gasteiger partial charge < -0.3 is 14.2 Å². The lowest BCUT2D eigenvalue weighted by molar-refractivity contribution is 0.0430. The summed E-state index contributed by atoms with van der Waals surface area (Å²) in [6.45, 7) is 10.3. The maximum absolute atomic E-state index is 13.2. The van der Waals surface area contributed by atoms with E-state index in [1.807, 2.05) is 42.5 Å². The minimum absolute atomic E-state index is 0.0341. The second-order valence-electron chi connectivity index (χ2n) is 10.4. The molecule has 0 radical (unpaired) electrons. The van der Waals surface area contributed by atoms with Crippen LogP contribution in [0.25, 0.3) is 22.0 Å². The third-order valence-electron chi connectivity index (χ3n) is 4.86. The number of thiazole rings is 1. The molecular weight excluding hydrogens is 526 g/mol. The van der Waals surface area contributed by atoms with Crippen LogP contribution in [0.5, 0.6) is 10.8 Å². The summed E-state index contributed by atoms with van der Waals surface area (Å²) in [7, 11) is 0. The standard InChI is InChI=1S/C28H28ClN3O5S/c1-27(2,3)36-25(33)32(26(34)37-28(4,5)6)24-31-22(19-12-11-17-9-7-8-10-18(17)15-19)23(38-24)35-20-13-14-30-21(29)16-20/h7-16H,1-6H3. The quantitative estimate of drug-likeness (QED) is 0.234. The van der Waals surface area contributed by atoms with E-state index in [1.165, 1.54) is 6.20 Å². The Kier molecular flexibility index (Phi) is 7.62. The highest BCUT2D eigenvalue weighted by Crippen LogP contribution is 2.43. The number of nitrogens with zero attached hydrogens (tertiary/aromatic N) is 3. The van der Waals surface area contributed by atoms with Gasteiger partial charge in [0.25, 0.3) is 0 Å². The fraction of sp³-hybridized carbons (Fsp3) is 0.286. The highest BCUT2D eigenvalue weighted by molar-refractivity contribution is 7.18. The Morgan fingerprint density at radius 2 is 1.50 bits per heavy atom. The van der Waals surface area contributed by atoms with Crippen LogP contribution >= 0.6 is 22.9 Å². The monoisotopic (exact) mass is 553 g/mol. The molecule has 38 heavy (non-hydrogen) atoms. The van der Waals surface area contributed by atoms with Crippen molar-refractivity contribution in [3.05, 3.63) is 65.9 Å².